The zero-order chi connectivity index (χ0) is 9.28. The minimum Gasteiger partial charge on any atom is -0.392 e. The normalized spacial score (nSPS) is 14.7. The van der Waals surface area contributed by atoms with Crippen molar-refractivity contribution in [2.75, 3.05) is 13.1 Å². The predicted molar refractivity (Wildman–Crippen MR) is 46.1 cm³/mol. The first-order chi connectivity index (χ1) is 5.08. The zero-order valence-electron chi connectivity index (χ0n) is 7.33. The molecule has 0 aromatic rings. The minimum atomic E-state index is -0.338. The van der Waals surface area contributed by atoms with Crippen LogP contribution < -0.4 is 11.5 Å². The number of aliphatic hydroxyl groups is 2. The van der Waals surface area contributed by atoms with Crippen molar-refractivity contribution in [1.29, 1.82) is 0 Å². The maximum atomic E-state index is 8.54. The lowest BCUT2D eigenvalue weighted by atomic mass is 10.3. The molecule has 0 rings (SSSR count). The van der Waals surface area contributed by atoms with Gasteiger partial charge in [-0.2, -0.15) is 0 Å². The van der Waals surface area contributed by atoms with E-state index in [-0.39, 0.29) is 12.2 Å². The van der Waals surface area contributed by atoms with E-state index in [1.165, 1.54) is 0 Å². The molecule has 4 heteroatoms. The van der Waals surface area contributed by atoms with Crippen LogP contribution in [-0.4, -0.2) is 35.5 Å². The number of rotatable bonds is 3. The van der Waals surface area contributed by atoms with E-state index in [9.17, 15) is 0 Å². The highest BCUT2D eigenvalue weighted by atomic mass is 16.3. The highest BCUT2D eigenvalue weighted by Gasteiger charge is 1.90. The third-order valence-electron chi connectivity index (χ3n) is 1.08. The highest BCUT2D eigenvalue weighted by molar-refractivity contribution is 4.48. The third kappa shape index (κ3) is 17.7. The van der Waals surface area contributed by atoms with Crippen molar-refractivity contribution in [3.8, 4) is 0 Å². The monoisotopic (exact) mass is 164 g/mol. The first-order valence-electron chi connectivity index (χ1n) is 3.84. The Morgan fingerprint density at radius 2 is 1.55 bits per heavy atom. The average Bonchev–Trinajstić information content (AvgIpc) is 2.04. The Kier molecular flexibility index (Phi) is 12.0. The van der Waals surface area contributed by atoms with E-state index in [2.05, 4.69) is 0 Å². The molecule has 0 bridgehead atoms. The lowest BCUT2D eigenvalue weighted by molar-refractivity contribution is 0.179. The average molecular weight is 164 g/mol. The fraction of sp³-hybridized carbons (Fsp3) is 1.00. The van der Waals surface area contributed by atoms with Crippen LogP contribution in [-0.2, 0) is 0 Å². The Bertz CT molecular complexity index is 65.5. The summed E-state index contributed by atoms with van der Waals surface area (Å²) in [6, 6.07) is 0. The molecule has 0 aromatic carbocycles. The summed E-state index contributed by atoms with van der Waals surface area (Å²) in [5.74, 6) is 0. The van der Waals surface area contributed by atoms with E-state index >= 15 is 0 Å². The van der Waals surface area contributed by atoms with Crippen LogP contribution in [0.15, 0.2) is 0 Å². The molecular formula is C7H20N2O2. The van der Waals surface area contributed by atoms with Crippen LogP contribution in [0, 0.1) is 0 Å². The molecule has 0 saturated carbocycles. The van der Waals surface area contributed by atoms with Crippen molar-refractivity contribution in [1.82, 2.24) is 0 Å². The van der Waals surface area contributed by atoms with Gasteiger partial charge in [-0.15, -0.1) is 0 Å². The summed E-state index contributed by atoms with van der Waals surface area (Å²) in [7, 11) is 0. The molecule has 4 nitrogen and oxygen atoms in total. The molecule has 70 valence electrons. The molecule has 2 unspecified atom stereocenters. The zero-order valence-corrected chi connectivity index (χ0v) is 7.33. The van der Waals surface area contributed by atoms with Crippen LogP contribution in [0.4, 0.5) is 0 Å². The summed E-state index contributed by atoms with van der Waals surface area (Å²) in [6.07, 6.45) is 0.135. The quantitative estimate of drug-likeness (QED) is 0.432. The van der Waals surface area contributed by atoms with Gasteiger partial charge in [-0.25, -0.2) is 0 Å². The van der Waals surface area contributed by atoms with Crippen molar-refractivity contribution >= 4 is 0 Å². The Labute approximate surface area is 68.2 Å². The minimum absolute atomic E-state index is 0.287. The molecule has 0 saturated heterocycles. The maximum absolute atomic E-state index is 8.54. The van der Waals surface area contributed by atoms with E-state index in [4.69, 9.17) is 21.7 Å². The van der Waals surface area contributed by atoms with Crippen LogP contribution in [0.5, 0.6) is 0 Å². The highest BCUT2D eigenvalue weighted by Crippen LogP contribution is 1.81. The molecule has 0 aliphatic carbocycles. The fourth-order valence-electron chi connectivity index (χ4n) is 0.167. The van der Waals surface area contributed by atoms with Gasteiger partial charge in [-0.3, -0.25) is 0 Å². The number of hydrogen-bond donors (Lipinski definition) is 4. The molecule has 0 spiro atoms. The Hall–Kier alpha value is -0.160. The van der Waals surface area contributed by atoms with E-state index < -0.39 is 0 Å². The molecule has 0 amide bonds. The Balaban J connectivity index is 0. The van der Waals surface area contributed by atoms with Crippen LogP contribution in [0.2, 0.25) is 0 Å². The van der Waals surface area contributed by atoms with Crippen LogP contribution >= 0.6 is 0 Å². The van der Waals surface area contributed by atoms with Crippen molar-refractivity contribution in [2.24, 2.45) is 11.5 Å². The standard InChI is InChI=1S/C4H11NO.C3H9NO/c1-2-4(6)3-5;1-3(5)2-4/h4,6H,2-3,5H2,1H3;3,5H,2,4H2,1H3. The van der Waals surface area contributed by atoms with E-state index in [0.717, 1.165) is 6.42 Å². The lowest BCUT2D eigenvalue weighted by Crippen LogP contribution is -2.17. The summed E-state index contributed by atoms with van der Waals surface area (Å²) in [5.41, 5.74) is 9.95. The SMILES string of the molecule is CC(O)CN.CCC(O)CN. The van der Waals surface area contributed by atoms with Gasteiger partial charge in [0.15, 0.2) is 0 Å². The molecule has 0 heterocycles. The summed E-state index contributed by atoms with van der Waals surface area (Å²) in [4.78, 5) is 0. The number of hydrogen-bond acceptors (Lipinski definition) is 4. The van der Waals surface area contributed by atoms with Gasteiger partial charge in [0.25, 0.3) is 0 Å². The lowest BCUT2D eigenvalue weighted by Gasteiger charge is -1.98. The van der Waals surface area contributed by atoms with Crippen LogP contribution in [0.25, 0.3) is 0 Å². The van der Waals surface area contributed by atoms with Crippen LogP contribution in [0.3, 0.4) is 0 Å². The van der Waals surface area contributed by atoms with Gasteiger partial charge in [0, 0.05) is 13.1 Å². The topological polar surface area (TPSA) is 92.5 Å². The molecule has 2 atom stereocenters. The summed E-state index contributed by atoms with van der Waals surface area (Å²) in [6.45, 7) is 4.30. The van der Waals surface area contributed by atoms with Gasteiger partial charge in [-0.1, -0.05) is 6.92 Å². The van der Waals surface area contributed by atoms with Crippen molar-refractivity contribution < 1.29 is 10.2 Å². The van der Waals surface area contributed by atoms with Gasteiger partial charge < -0.3 is 21.7 Å². The molecule has 0 fully saturated rings. The first-order valence-corrected chi connectivity index (χ1v) is 3.84. The number of aliphatic hydroxyl groups excluding tert-OH is 2. The first kappa shape index (κ1) is 13.4. The molecule has 11 heavy (non-hydrogen) atoms. The van der Waals surface area contributed by atoms with Crippen molar-refractivity contribution in [3.63, 3.8) is 0 Å². The van der Waals surface area contributed by atoms with E-state index in [0.29, 0.717) is 13.1 Å². The molecule has 0 aliphatic heterocycles. The predicted octanol–water partition coefficient (Wildman–Crippen LogP) is -0.958. The summed E-state index contributed by atoms with van der Waals surface area (Å²) >= 11 is 0. The van der Waals surface area contributed by atoms with E-state index in [1.54, 1.807) is 6.92 Å². The van der Waals surface area contributed by atoms with Gasteiger partial charge in [0.2, 0.25) is 0 Å². The molecule has 6 N–H and O–H groups in total. The molecule has 0 aromatic heterocycles. The second-order valence-electron chi connectivity index (χ2n) is 2.38. The Morgan fingerprint density at radius 1 is 1.18 bits per heavy atom. The number of nitrogens with two attached hydrogens (primary N) is 2. The van der Waals surface area contributed by atoms with Gasteiger partial charge in [0.05, 0.1) is 12.2 Å². The van der Waals surface area contributed by atoms with Gasteiger partial charge in [0.1, 0.15) is 0 Å². The van der Waals surface area contributed by atoms with Crippen LogP contribution in [0.1, 0.15) is 20.3 Å². The second kappa shape index (κ2) is 9.84. The maximum Gasteiger partial charge on any atom is 0.0659 e. The Morgan fingerprint density at radius 3 is 1.55 bits per heavy atom. The van der Waals surface area contributed by atoms with E-state index in [1.807, 2.05) is 6.92 Å². The third-order valence-corrected chi connectivity index (χ3v) is 1.08. The fourth-order valence-corrected chi connectivity index (χ4v) is 0.167. The molecule has 0 radical (unpaired) electrons. The smallest absolute Gasteiger partial charge is 0.0659 e. The second-order valence-corrected chi connectivity index (χ2v) is 2.38. The van der Waals surface area contributed by atoms with Gasteiger partial charge in [-0.05, 0) is 13.3 Å². The molecular weight excluding hydrogens is 144 g/mol. The summed E-state index contributed by atoms with van der Waals surface area (Å²) < 4.78 is 0. The van der Waals surface area contributed by atoms with Crippen molar-refractivity contribution in [2.45, 2.75) is 32.5 Å². The van der Waals surface area contributed by atoms with Crippen molar-refractivity contribution in [3.05, 3.63) is 0 Å². The largest absolute Gasteiger partial charge is 0.392 e. The summed E-state index contributed by atoms with van der Waals surface area (Å²) in [5, 5.41) is 16.8. The van der Waals surface area contributed by atoms with Gasteiger partial charge >= 0.3 is 0 Å². The molecule has 0 aliphatic rings.